The quantitative estimate of drug-likeness (QED) is 0.856. The van der Waals surface area contributed by atoms with Crippen LogP contribution >= 0.6 is 37.2 Å². The summed E-state index contributed by atoms with van der Waals surface area (Å²) in [6.45, 7) is 1.92. The minimum absolute atomic E-state index is 0. The molecule has 6 heteroatoms. The molecule has 0 atom stereocenters. The Morgan fingerprint density at radius 1 is 1.33 bits per heavy atom. The molecule has 0 aliphatic heterocycles. The van der Waals surface area contributed by atoms with E-state index in [2.05, 4.69) is 10.4 Å². The van der Waals surface area contributed by atoms with Gasteiger partial charge >= 0.3 is 0 Å². The van der Waals surface area contributed by atoms with E-state index in [4.69, 9.17) is 0 Å². The second-order valence-corrected chi connectivity index (χ2v) is 1.87. The normalized spacial score (nSPS) is 7.42. The predicted octanol–water partition coefficient (Wildman–Crippen LogP) is 1.37. The number of hydrogen-bond acceptors (Lipinski definition) is 2. The molecule has 1 rings (SSSR count). The maximum Gasteiger partial charge on any atom is 0.0533 e. The Labute approximate surface area is 91.1 Å². The molecule has 0 fully saturated rings. The summed E-state index contributed by atoms with van der Waals surface area (Å²) < 4.78 is 1.90. The fourth-order valence-corrected chi connectivity index (χ4v) is 0.659. The van der Waals surface area contributed by atoms with Crippen LogP contribution in [0.2, 0.25) is 0 Å². The molecule has 3 nitrogen and oxygen atoms in total. The van der Waals surface area contributed by atoms with Gasteiger partial charge in [0.05, 0.1) is 6.54 Å². The van der Waals surface area contributed by atoms with Gasteiger partial charge in [-0.1, -0.05) is 0 Å². The van der Waals surface area contributed by atoms with Gasteiger partial charge in [0, 0.05) is 18.9 Å². The lowest BCUT2D eigenvalue weighted by Gasteiger charge is -1.97. The minimum Gasteiger partial charge on any atom is -0.318 e. The number of halogens is 3. The van der Waals surface area contributed by atoms with E-state index >= 15 is 0 Å². The Balaban J connectivity index is -0.000000270. The molecule has 1 N–H and O–H groups in total. The van der Waals surface area contributed by atoms with Crippen molar-refractivity contribution < 1.29 is 0 Å². The van der Waals surface area contributed by atoms with E-state index < -0.39 is 0 Å². The van der Waals surface area contributed by atoms with Crippen LogP contribution in [0.4, 0.5) is 0 Å². The lowest BCUT2D eigenvalue weighted by molar-refractivity contribution is 0.585. The van der Waals surface area contributed by atoms with Crippen molar-refractivity contribution in [2.24, 2.45) is 0 Å². The molecule has 0 aromatic carbocycles. The first-order valence-electron chi connectivity index (χ1n) is 3.05. The third-order valence-corrected chi connectivity index (χ3v) is 1.15. The molecule has 0 amide bonds. The first-order chi connectivity index (χ1) is 4.43. The first-order valence-corrected chi connectivity index (χ1v) is 3.05. The predicted molar refractivity (Wildman–Crippen MR) is 57.9 cm³/mol. The van der Waals surface area contributed by atoms with Gasteiger partial charge in [0.15, 0.2) is 0 Å². The van der Waals surface area contributed by atoms with E-state index in [9.17, 15) is 0 Å². The highest BCUT2D eigenvalue weighted by atomic mass is 35.5. The summed E-state index contributed by atoms with van der Waals surface area (Å²) in [7, 11) is 1.93. The third-order valence-electron chi connectivity index (χ3n) is 1.15. The van der Waals surface area contributed by atoms with Crippen LogP contribution in [0.5, 0.6) is 0 Å². The van der Waals surface area contributed by atoms with Gasteiger partial charge in [0.2, 0.25) is 0 Å². The van der Waals surface area contributed by atoms with Gasteiger partial charge in [0.1, 0.15) is 0 Å². The number of likely N-dealkylation sites (N-methyl/N-ethyl adjacent to an activating group) is 1. The summed E-state index contributed by atoms with van der Waals surface area (Å²) in [6, 6.07) is 1.93. The van der Waals surface area contributed by atoms with Crippen LogP contribution in [0.25, 0.3) is 0 Å². The van der Waals surface area contributed by atoms with E-state index in [1.165, 1.54) is 0 Å². The van der Waals surface area contributed by atoms with Crippen molar-refractivity contribution in [2.45, 2.75) is 6.54 Å². The molecule has 0 aliphatic carbocycles. The second-order valence-electron chi connectivity index (χ2n) is 1.87. The van der Waals surface area contributed by atoms with Crippen molar-refractivity contribution in [1.29, 1.82) is 0 Å². The number of hydrogen-bond donors (Lipinski definition) is 1. The van der Waals surface area contributed by atoms with Gasteiger partial charge < -0.3 is 5.32 Å². The van der Waals surface area contributed by atoms with Crippen molar-refractivity contribution in [3.63, 3.8) is 0 Å². The molecule has 1 aromatic rings. The summed E-state index contributed by atoms with van der Waals surface area (Å²) in [6.07, 6.45) is 3.74. The van der Waals surface area contributed by atoms with Gasteiger partial charge in [-0.25, -0.2) is 0 Å². The van der Waals surface area contributed by atoms with Gasteiger partial charge in [-0.3, -0.25) is 4.68 Å². The topological polar surface area (TPSA) is 29.9 Å². The van der Waals surface area contributed by atoms with Gasteiger partial charge in [0.25, 0.3) is 0 Å². The highest BCUT2D eigenvalue weighted by Gasteiger charge is 1.84. The van der Waals surface area contributed by atoms with Crippen LogP contribution in [0.15, 0.2) is 18.5 Å². The molecule has 0 bridgehead atoms. The summed E-state index contributed by atoms with van der Waals surface area (Å²) >= 11 is 0. The molecular formula is C6H14Cl3N3. The molecule has 0 saturated heterocycles. The van der Waals surface area contributed by atoms with Crippen molar-refractivity contribution in [1.82, 2.24) is 15.1 Å². The molecule has 74 valence electrons. The summed E-state index contributed by atoms with van der Waals surface area (Å²) in [5.41, 5.74) is 0. The Kier molecular flexibility index (Phi) is 16.5. The largest absolute Gasteiger partial charge is 0.318 e. The Bertz CT molecular complexity index is 155. The fourth-order valence-electron chi connectivity index (χ4n) is 0.659. The highest BCUT2D eigenvalue weighted by Crippen LogP contribution is 1.80. The zero-order valence-corrected chi connectivity index (χ0v) is 9.21. The van der Waals surface area contributed by atoms with Crippen LogP contribution in [-0.2, 0) is 6.54 Å². The molecule has 0 saturated carbocycles. The lowest BCUT2D eigenvalue weighted by Crippen LogP contribution is -2.14. The molecule has 0 radical (unpaired) electrons. The lowest BCUT2D eigenvalue weighted by atomic mass is 10.6. The van der Waals surface area contributed by atoms with E-state index in [0.29, 0.717) is 0 Å². The third kappa shape index (κ3) is 6.73. The summed E-state index contributed by atoms with van der Waals surface area (Å²) in [4.78, 5) is 0. The van der Waals surface area contributed by atoms with Crippen LogP contribution in [0.3, 0.4) is 0 Å². The number of aromatic nitrogens is 2. The smallest absolute Gasteiger partial charge is 0.0533 e. The standard InChI is InChI=1S/C6H11N3.3ClH/c1-7-4-6-9-5-2-3-8-9;;;/h2-3,5,7H,4,6H2,1H3;3*1H. The van der Waals surface area contributed by atoms with Crippen LogP contribution in [-0.4, -0.2) is 23.4 Å². The van der Waals surface area contributed by atoms with E-state index in [-0.39, 0.29) is 37.2 Å². The van der Waals surface area contributed by atoms with Crippen molar-refractivity contribution in [3.8, 4) is 0 Å². The zero-order valence-electron chi connectivity index (χ0n) is 6.77. The number of nitrogens with zero attached hydrogens (tertiary/aromatic N) is 2. The molecular weight excluding hydrogens is 220 g/mol. The van der Waals surface area contributed by atoms with Crippen molar-refractivity contribution in [2.75, 3.05) is 13.6 Å². The average Bonchev–Trinajstić information content (AvgIpc) is 2.34. The Morgan fingerprint density at radius 2 is 2.00 bits per heavy atom. The van der Waals surface area contributed by atoms with E-state index in [1.54, 1.807) is 6.20 Å². The summed E-state index contributed by atoms with van der Waals surface area (Å²) in [5, 5.41) is 7.08. The number of rotatable bonds is 3. The average molecular weight is 235 g/mol. The Hall–Kier alpha value is 0.0400. The SMILES string of the molecule is CNCCn1cccn1.Cl.Cl.Cl. The van der Waals surface area contributed by atoms with Crippen LogP contribution in [0.1, 0.15) is 0 Å². The van der Waals surface area contributed by atoms with Crippen LogP contribution in [0, 0.1) is 0 Å². The van der Waals surface area contributed by atoms with Gasteiger partial charge in [-0.2, -0.15) is 5.10 Å². The molecule has 1 aromatic heterocycles. The van der Waals surface area contributed by atoms with E-state index in [1.807, 2.05) is 24.0 Å². The van der Waals surface area contributed by atoms with Crippen LogP contribution < -0.4 is 5.32 Å². The molecule has 0 aliphatic rings. The summed E-state index contributed by atoms with van der Waals surface area (Å²) in [5.74, 6) is 0. The molecule has 12 heavy (non-hydrogen) atoms. The minimum atomic E-state index is 0. The maximum absolute atomic E-state index is 4.03. The monoisotopic (exact) mass is 233 g/mol. The second kappa shape index (κ2) is 11.0. The molecule has 1 heterocycles. The van der Waals surface area contributed by atoms with E-state index in [0.717, 1.165) is 13.1 Å². The first kappa shape index (κ1) is 18.0. The zero-order chi connectivity index (χ0) is 6.53. The molecule has 0 unspecified atom stereocenters. The Morgan fingerprint density at radius 3 is 2.42 bits per heavy atom. The van der Waals surface area contributed by atoms with Crippen molar-refractivity contribution in [3.05, 3.63) is 18.5 Å². The van der Waals surface area contributed by atoms with Gasteiger partial charge in [-0.05, 0) is 13.1 Å². The molecule has 0 spiro atoms. The maximum atomic E-state index is 4.03. The highest BCUT2D eigenvalue weighted by molar-refractivity contribution is 5.86. The van der Waals surface area contributed by atoms with Gasteiger partial charge in [-0.15, -0.1) is 37.2 Å². The van der Waals surface area contributed by atoms with Crippen molar-refractivity contribution >= 4 is 37.2 Å². The number of nitrogens with one attached hydrogen (secondary N) is 1. The fraction of sp³-hybridized carbons (Fsp3) is 0.500.